The maximum absolute atomic E-state index is 12.1. The van der Waals surface area contributed by atoms with Gasteiger partial charge in [0.2, 0.25) is 0 Å². The van der Waals surface area contributed by atoms with Crippen LogP contribution in [-0.4, -0.2) is 5.78 Å². The van der Waals surface area contributed by atoms with Crippen LogP contribution in [0.4, 0.5) is 0 Å². The number of furan rings is 1. The van der Waals surface area contributed by atoms with Crippen LogP contribution in [-0.2, 0) is 0 Å². The van der Waals surface area contributed by atoms with Gasteiger partial charge in [0, 0.05) is 5.56 Å². The molecule has 86 valence electrons. The second-order valence-corrected chi connectivity index (χ2v) is 4.59. The monoisotopic (exact) mass is 226 g/mol. The number of ketones is 1. The van der Waals surface area contributed by atoms with E-state index in [1.807, 2.05) is 18.2 Å². The Balaban J connectivity index is 1.90. The summed E-state index contributed by atoms with van der Waals surface area (Å²) in [5.41, 5.74) is 2.68. The van der Waals surface area contributed by atoms with E-state index in [-0.39, 0.29) is 5.78 Å². The molecule has 0 N–H and O–H groups in total. The smallest absolute Gasteiger partial charge is 0.196 e. The third kappa shape index (κ3) is 1.91. The van der Waals surface area contributed by atoms with Crippen molar-refractivity contribution in [2.45, 2.75) is 25.2 Å². The molecule has 1 heterocycles. The van der Waals surface area contributed by atoms with E-state index in [2.05, 4.69) is 6.07 Å². The summed E-state index contributed by atoms with van der Waals surface area (Å²) in [5.74, 6) is 0.701. The Bertz CT molecular complexity index is 522. The molecular weight excluding hydrogens is 212 g/mol. The van der Waals surface area contributed by atoms with Gasteiger partial charge in [0.05, 0.1) is 11.8 Å². The molecule has 2 aromatic rings. The van der Waals surface area contributed by atoms with Crippen molar-refractivity contribution in [1.82, 2.24) is 0 Å². The molecule has 1 aromatic heterocycles. The lowest BCUT2D eigenvalue weighted by molar-refractivity contribution is 0.103. The van der Waals surface area contributed by atoms with E-state index < -0.39 is 0 Å². The van der Waals surface area contributed by atoms with Crippen molar-refractivity contribution in [3.8, 4) is 0 Å². The Hall–Kier alpha value is -1.83. The third-order valence-electron chi connectivity index (χ3n) is 3.51. The highest BCUT2D eigenvalue weighted by atomic mass is 16.3. The molecule has 17 heavy (non-hydrogen) atoms. The molecule has 1 fully saturated rings. The summed E-state index contributed by atoms with van der Waals surface area (Å²) in [5, 5.41) is 0. The molecule has 2 heteroatoms. The first kappa shape index (κ1) is 10.3. The molecule has 0 aliphatic heterocycles. The number of benzene rings is 1. The minimum Gasteiger partial charge on any atom is -0.472 e. The Morgan fingerprint density at radius 1 is 1.18 bits per heavy atom. The fourth-order valence-corrected chi connectivity index (χ4v) is 2.24. The molecule has 3 rings (SSSR count). The van der Waals surface area contributed by atoms with Gasteiger partial charge in [-0.2, -0.15) is 0 Å². The Labute approximate surface area is 100 Å². The maximum Gasteiger partial charge on any atom is 0.196 e. The summed E-state index contributed by atoms with van der Waals surface area (Å²) in [7, 11) is 0. The summed E-state index contributed by atoms with van der Waals surface area (Å²) in [4.78, 5) is 12.1. The van der Waals surface area contributed by atoms with Crippen LogP contribution in [0.2, 0.25) is 0 Å². The topological polar surface area (TPSA) is 30.2 Å². The molecule has 0 spiro atoms. The molecular formula is C15H14O2. The second kappa shape index (κ2) is 4.21. The van der Waals surface area contributed by atoms with Crippen molar-refractivity contribution in [3.05, 3.63) is 59.5 Å². The van der Waals surface area contributed by atoms with E-state index in [0.29, 0.717) is 11.5 Å². The zero-order valence-corrected chi connectivity index (χ0v) is 9.56. The van der Waals surface area contributed by atoms with Crippen molar-refractivity contribution in [1.29, 1.82) is 0 Å². The standard InChI is InChI=1S/C15H14O2/c16-15(14-7-8-17-10-14)13-6-2-5-12(9-13)11-3-1-4-11/h2,5-11H,1,3-4H2. The Kier molecular flexibility index (Phi) is 2.56. The van der Waals surface area contributed by atoms with Gasteiger partial charge < -0.3 is 4.42 Å². The van der Waals surface area contributed by atoms with Gasteiger partial charge in [-0.15, -0.1) is 0 Å². The molecule has 1 aromatic carbocycles. The van der Waals surface area contributed by atoms with Gasteiger partial charge in [-0.1, -0.05) is 24.6 Å². The molecule has 1 aliphatic rings. The highest BCUT2D eigenvalue weighted by Crippen LogP contribution is 2.36. The lowest BCUT2D eigenvalue weighted by Gasteiger charge is -2.26. The van der Waals surface area contributed by atoms with Crippen LogP contribution in [0.25, 0.3) is 0 Å². The predicted octanol–water partition coefficient (Wildman–Crippen LogP) is 3.78. The van der Waals surface area contributed by atoms with Crippen molar-refractivity contribution < 1.29 is 9.21 Å². The van der Waals surface area contributed by atoms with Gasteiger partial charge in [-0.05, 0) is 36.5 Å². The van der Waals surface area contributed by atoms with Crippen LogP contribution >= 0.6 is 0 Å². The quantitative estimate of drug-likeness (QED) is 0.745. The molecule has 1 aliphatic carbocycles. The number of carbonyl (C=O) groups is 1. The zero-order chi connectivity index (χ0) is 11.7. The summed E-state index contributed by atoms with van der Waals surface area (Å²) >= 11 is 0. The van der Waals surface area contributed by atoms with E-state index in [1.165, 1.54) is 37.4 Å². The summed E-state index contributed by atoms with van der Waals surface area (Å²) in [6.45, 7) is 0. The molecule has 2 nitrogen and oxygen atoms in total. The zero-order valence-electron chi connectivity index (χ0n) is 9.56. The SMILES string of the molecule is O=C(c1ccoc1)c1cccc(C2CCC2)c1. The third-order valence-corrected chi connectivity index (χ3v) is 3.51. The predicted molar refractivity (Wildman–Crippen MR) is 65.2 cm³/mol. The Morgan fingerprint density at radius 3 is 2.71 bits per heavy atom. The largest absolute Gasteiger partial charge is 0.472 e. The minimum absolute atomic E-state index is 0.0416. The normalized spacial score (nSPS) is 15.5. The summed E-state index contributed by atoms with van der Waals surface area (Å²) < 4.78 is 4.95. The first-order valence-corrected chi connectivity index (χ1v) is 6.01. The van der Waals surface area contributed by atoms with Gasteiger partial charge in [-0.25, -0.2) is 0 Å². The van der Waals surface area contributed by atoms with E-state index in [4.69, 9.17) is 4.42 Å². The molecule has 0 radical (unpaired) electrons. The molecule has 1 saturated carbocycles. The summed E-state index contributed by atoms with van der Waals surface area (Å²) in [6, 6.07) is 9.70. The van der Waals surface area contributed by atoms with Gasteiger partial charge >= 0.3 is 0 Å². The maximum atomic E-state index is 12.1. The molecule has 0 saturated heterocycles. The van der Waals surface area contributed by atoms with Gasteiger partial charge in [0.25, 0.3) is 0 Å². The highest BCUT2D eigenvalue weighted by Gasteiger charge is 2.20. The van der Waals surface area contributed by atoms with Crippen LogP contribution in [0.5, 0.6) is 0 Å². The number of hydrogen-bond donors (Lipinski definition) is 0. The van der Waals surface area contributed by atoms with Crippen LogP contribution in [0.1, 0.15) is 46.7 Å². The van der Waals surface area contributed by atoms with E-state index in [0.717, 1.165) is 5.56 Å². The van der Waals surface area contributed by atoms with Gasteiger partial charge in [0.15, 0.2) is 5.78 Å². The minimum atomic E-state index is 0.0416. The molecule has 0 amide bonds. The number of rotatable bonds is 3. The molecule has 0 unspecified atom stereocenters. The van der Waals surface area contributed by atoms with Crippen molar-refractivity contribution in [3.63, 3.8) is 0 Å². The van der Waals surface area contributed by atoms with E-state index >= 15 is 0 Å². The fourth-order valence-electron chi connectivity index (χ4n) is 2.24. The van der Waals surface area contributed by atoms with Crippen LogP contribution in [0, 0.1) is 0 Å². The first-order chi connectivity index (χ1) is 8.34. The second-order valence-electron chi connectivity index (χ2n) is 4.59. The average molecular weight is 226 g/mol. The van der Waals surface area contributed by atoms with Gasteiger partial charge in [0.1, 0.15) is 6.26 Å². The number of carbonyl (C=O) groups excluding carboxylic acids is 1. The van der Waals surface area contributed by atoms with Crippen molar-refractivity contribution in [2.24, 2.45) is 0 Å². The lowest BCUT2D eigenvalue weighted by atomic mass is 9.79. The highest BCUT2D eigenvalue weighted by molar-refractivity contribution is 6.08. The van der Waals surface area contributed by atoms with E-state index in [1.54, 1.807) is 6.07 Å². The van der Waals surface area contributed by atoms with Crippen LogP contribution < -0.4 is 0 Å². The van der Waals surface area contributed by atoms with Crippen LogP contribution in [0.15, 0.2) is 47.3 Å². The van der Waals surface area contributed by atoms with E-state index in [9.17, 15) is 4.79 Å². The first-order valence-electron chi connectivity index (χ1n) is 6.01. The summed E-state index contributed by atoms with van der Waals surface area (Å²) in [6.07, 6.45) is 6.85. The Morgan fingerprint density at radius 2 is 2.06 bits per heavy atom. The van der Waals surface area contributed by atoms with Gasteiger partial charge in [-0.3, -0.25) is 4.79 Å². The van der Waals surface area contributed by atoms with Crippen molar-refractivity contribution in [2.75, 3.05) is 0 Å². The number of hydrogen-bond acceptors (Lipinski definition) is 2. The average Bonchev–Trinajstić information content (AvgIpc) is 2.79. The fraction of sp³-hybridized carbons (Fsp3) is 0.267. The molecule has 0 bridgehead atoms. The lowest BCUT2D eigenvalue weighted by Crippen LogP contribution is -2.10. The molecule has 0 atom stereocenters. The van der Waals surface area contributed by atoms with Crippen molar-refractivity contribution >= 4 is 5.78 Å². The van der Waals surface area contributed by atoms with Crippen LogP contribution in [0.3, 0.4) is 0 Å².